The molecule has 1 aliphatic heterocycles. The van der Waals surface area contributed by atoms with E-state index in [9.17, 15) is 5.11 Å². The summed E-state index contributed by atoms with van der Waals surface area (Å²) < 4.78 is 74.6. The highest BCUT2D eigenvalue weighted by Crippen LogP contribution is 2.37. The molecule has 3 nitrogen and oxygen atoms in total. The lowest BCUT2D eigenvalue weighted by Gasteiger charge is -2.32. The van der Waals surface area contributed by atoms with E-state index in [1.165, 1.54) is 12.1 Å². The van der Waals surface area contributed by atoms with Crippen LogP contribution < -0.4 is 5.46 Å². The molecule has 122 valence electrons. The summed E-state index contributed by atoms with van der Waals surface area (Å²) in [6, 6.07) is 2.49. The minimum atomic E-state index is -3.63. The summed E-state index contributed by atoms with van der Waals surface area (Å²) in [5.74, 6) is 0. The maximum Gasteiger partial charge on any atom is 0.495 e. The molecule has 1 aliphatic rings. The van der Waals surface area contributed by atoms with Crippen LogP contribution in [0.4, 0.5) is 0 Å². The highest BCUT2D eigenvalue weighted by molar-refractivity contribution is 6.63. The van der Waals surface area contributed by atoms with Gasteiger partial charge in [-0.25, -0.2) is 0 Å². The Morgan fingerprint density at radius 1 is 1.27 bits per heavy atom. The Labute approximate surface area is 150 Å². The molecule has 0 amide bonds. The normalized spacial score (nSPS) is 27.7. The van der Waals surface area contributed by atoms with Crippen molar-refractivity contribution in [1.82, 2.24) is 0 Å². The van der Waals surface area contributed by atoms with E-state index in [1.807, 2.05) is 27.7 Å². The third kappa shape index (κ3) is 2.94. The van der Waals surface area contributed by atoms with Gasteiger partial charge in [0.05, 0.1) is 20.5 Å². The van der Waals surface area contributed by atoms with Gasteiger partial charge in [0.2, 0.25) is 0 Å². The van der Waals surface area contributed by atoms with E-state index >= 15 is 0 Å². The second-order valence-electron chi connectivity index (χ2n) is 6.64. The third-order valence-electron chi connectivity index (χ3n) is 4.43. The Bertz CT molecular complexity index is 778. The predicted octanol–water partition coefficient (Wildman–Crippen LogP) is 3.22. The maximum absolute atomic E-state index is 10.2. The lowest BCUT2D eigenvalue weighted by Crippen LogP contribution is -2.41. The second-order valence-corrected chi connectivity index (χ2v) is 7.05. The van der Waals surface area contributed by atoms with Crippen LogP contribution in [0.1, 0.15) is 63.5 Å². The molecular formula is C17H26BClO3. The van der Waals surface area contributed by atoms with Gasteiger partial charge in [0.15, 0.2) is 0 Å². The molecule has 1 saturated heterocycles. The summed E-state index contributed by atoms with van der Waals surface area (Å²) >= 11 is 6.34. The van der Waals surface area contributed by atoms with Crippen LogP contribution in [-0.2, 0) is 14.7 Å². The fraction of sp³-hybridized carbons (Fsp3) is 0.647. The van der Waals surface area contributed by atoms with Gasteiger partial charge in [-0.15, -0.1) is 0 Å². The molecule has 2 rings (SSSR count). The molecule has 0 unspecified atom stereocenters. The Hall–Kier alpha value is -0.545. The molecule has 5 heteroatoms. The van der Waals surface area contributed by atoms with Crippen molar-refractivity contribution in [2.24, 2.45) is 0 Å². The highest BCUT2D eigenvalue weighted by Gasteiger charge is 2.52. The predicted molar refractivity (Wildman–Crippen MR) is 92.0 cm³/mol. The van der Waals surface area contributed by atoms with E-state index in [0.717, 1.165) is 0 Å². The molecule has 22 heavy (non-hydrogen) atoms. The van der Waals surface area contributed by atoms with Crippen molar-refractivity contribution < 1.29 is 25.4 Å². The quantitative estimate of drug-likeness (QED) is 0.864. The molecule has 1 N–H and O–H groups in total. The molecular weight excluding hydrogens is 298 g/mol. The first-order chi connectivity index (χ1) is 13.1. The van der Waals surface area contributed by atoms with Crippen LogP contribution >= 0.6 is 11.6 Å². The summed E-state index contributed by atoms with van der Waals surface area (Å²) in [5.41, 5.74) is -4.28. The summed E-state index contributed by atoms with van der Waals surface area (Å²) in [7, 11) is -0.845. The van der Waals surface area contributed by atoms with E-state index < -0.39 is 49.6 Å². The van der Waals surface area contributed by atoms with Gasteiger partial charge in [0.25, 0.3) is 0 Å². The Morgan fingerprint density at radius 2 is 1.82 bits per heavy atom. The monoisotopic (exact) mass is 332 g/mol. The molecule has 1 fully saturated rings. The van der Waals surface area contributed by atoms with Crippen LogP contribution in [0.5, 0.6) is 0 Å². The van der Waals surface area contributed by atoms with Gasteiger partial charge >= 0.3 is 7.12 Å². The Kier molecular flexibility index (Phi) is 2.43. The third-order valence-corrected chi connectivity index (χ3v) is 4.75. The number of hydrogen-bond acceptors (Lipinski definition) is 3. The molecule has 1 aromatic carbocycles. The summed E-state index contributed by atoms with van der Waals surface area (Å²) in [6.45, 7) is -1.53. The smallest absolute Gasteiger partial charge is 0.399 e. The first-order valence-corrected chi connectivity index (χ1v) is 7.36. The van der Waals surface area contributed by atoms with E-state index in [0.29, 0.717) is 11.0 Å². The van der Waals surface area contributed by atoms with Crippen molar-refractivity contribution in [3.63, 3.8) is 0 Å². The molecule has 1 aromatic rings. The van der Waals surface area contributed by atoms with Gasteiger partial charge in [-0.1, -0.05) is 36.9 Å². The molecule has 0 saturated carbocycles. The van der Waals surface area contributed by atoms with Crippen molar-refractivity contribution >= 4 is 24.2 Å². The van der Waals surface area contributed by atoms with Gasteiger partial charge < -0.3 is 14.4 Å². The van der Waals surface area contributed by atoms with E-state index in [4.69, 9.17) is 31.9 Å². The number of aryl methyl sites for hydroxylation is 1. The first kappa shape index (κ1) is 9.68. The van der Waals surface area contributed by atoms with Crippen LogP contribution in [0.2, 0.25) is 5.02 Å². The fourth-order valence-corrected chi connectivity index (χ4v) is 2.58. The van der Waals surface area contributed by atoms with Crippen molar-refractivity contribution in [2.45, 2.75) is 64.9 Å². The number of benzene rings is 1. The lowest BCUT2D eigenvalue weighted by molar-refractivity contribution is 0.00578. The molecule has 0 aliphatic carbocycles. The highest BCUT2D eigenvalue weighted by atomic mass is 35.5. The second kappa shape index (κ2) is 5.52. The van der Waals surface area contributed by atoms with Crippen molar-refractivity contribution in [3.8, 4) is 0 Å². The van der Waals surface area contributed by atoms with Gasteiger partial charge in [0.1, 0.15) is 0 Å². The van der Waals surface area contributed by atoms with Gasteiger partial charge in [-0.05, 0) is 51.7 Å². The largest absolute Gasteiger partial charge is 0.495 e. The maximum atomic E-state index is 10.2. The summed E-state index contributed by atoms with van der Waals surface area (Å²) in [6.07, 6.45) is 0. The van der Waals surface area contributed by atoms with E-state index in [-0.39, 0.29) is 5.02 Å². The van der Waals surface area contributed by atoms with E-state index in [2.05, 4.69) is 0 Å². The minimum absolute atomic E-state index is 0.324. The Morgan fingerprint density at radius 3 is 2.27 bits per heavy atom. The van der Waals surface area contributed by atoms with Crippen LogP contribution in [0, 0.1) is 6.92 Å². The number of rotatable bonds is 3. The average Bonchev–Trinajstić information content (AvgIpc) is 2.66. The molecule has 0 radical (unpaired) electrons. The summed E-state index contributed by atoms with van der Waals surface area (Å²) in [5, 5.41) is 9.87. The SMILES string of the molecule is [2H]C([2H])([2H])C(c1cc(C)c(B2OC(C)(C)C(C)(C)O2)cc1Cl)(C([2H])([2H])[2H])C([2H])([2H])O. The standard InChI is InChI=1S/C17H26BClO3/c1-11-8-12(15(2,3)10-20)14(19)9-13(11)18-21-16(4,5)17(6,7)22-18/h8-9,20H,10H2,1-7H3/i2D3,3D3,10D2. The van der Waals surface area contributed by atoms with Gasteiger partial charge in [-0.2, -0.15) is 0 Å². The first-order valence-electron chi connectivity index (χ1n) is 11.0. The number of aliphatic hydroxyl groups is 1. The number of hydrogen-bond donors (Lipinski definition) is 1. The zero-order valence-corrected chi connectivity index (χ0v) is 14.1. The molecule has 0 aromatic heterocycles. The molecule has 1 heterocycles. The Balaban J connectivity index is 2.76. The summed E-state index contributed by atoms with van der Waals surface area (Å²) in [4.78, 5) is 0. The van der Waals surface area contributed by atoms with Crippen LogP contribution in [-0.4, -0.2) is 30.0 Å². The zero-order valence-electron chi connectivity index (χ0n) is 21.4. The molecule has 0 atom stereocenters. The lowest BCUT2D eigenvalue weighted by atomic mass is 9.73. The van der Waals surface area contributed by atoms with Crippen molar-refractivity contribution in [2.75, 3.05) is 6.56 Å². The average molecular weight is 333 g/mol. The minimum Gasteiger partial charge on any atom is -0.399 e. The van der Waals surface area contributed by atoms with Crippen LogP contribution in [0.15, 0.2) is 12.1 Å². The fourth-order valence-electron chi connectivity index (χ4n) is 2.27. The van der Waals surface area contributed by atoms with E-state index in [1.54, 1.807) is 6.92 Å². The zero-order chi connectivity index (χ0) is 23.7. The van der Waals surface area contributed by atoms with Crippen molar-refractivity contribution in [1.29, 1.82) is 0 Å². The van der Waals surface area contributed by atoms with Crippen molar-refractivity contribution in [3.05, 3.63) is 28.3 Å². The van der Waals surface area contributed by atoms with Gasteiger partial charge in [0, 0.05) is 18.7 Å². The number of halogens is 1. The van der Waals surface area contributed by atoms with Crippen LogP contribution in [0.3, 0.4) is 0 Å². The molecule has 0 spiro atoms. The van der Waals surface area contributed by atoms with Crippen LogP contribution in [0.25, 0.3) is 0 Å². The van der Waals surface area contributed by atoms with Gasteiger partial charge in [-0.3, -0.25) is 0 Å². The molecule has 0 bridgehead atoms. The topological polar surface area (TPSA) is 38.7 Å².